The predicted octanol–water partition coefficient (Wildman–Crippen LogP) is 4.99. The van der Waals surface area contributed by atoms with E-state index in [0.29, 0.717) is 0 Å². The molecule has 1 fully saturated rings. The van der Waals surface area contributed by atoms with E-state index in [-0.39, 0.29) is 6.04 Å². The number of carbonyl (C=O) groups is 1. The lowest BCUT2D eigenvalue weighted by Gasteiger charge is -2.16. The Kier molecular flexibility index (Phi) is 7.13. The zero-order valence-electron chi connectivity index (χ0n) is 17.2. The number of rotatable bonds is 5. The average Bonchev–Trinajstić information content (AvgIpc) is 3.13. The van der Waals surface area contributed by atoms with Gasteiger partial charge in [0.2, 0.25) is 0 Å². The molecule has 1 aromatic rings. The molecular weight excluding hydrogens is 374 g/mol. The van der Waals surface area contributed by atoms with Crippen molar-refractivity contribution in [1.82, 2.24) is 5.32 Å². The van der Waals surface area contributed by atoms with Crippen LogP contribution in [0.4, 0.5) is 4.79 Å². The molecule has 1 aliphatic heterocycles. The van der Waals surface area contributed by atoms with Gasteiger partial charge in [-0.25, -0.2) is 4.79 Å². The van der Waals surface area contributed by atoms with Crippen molar-refractivity contribution in [1.29, 1.82) is 0 Å². The minimum atomic E-state index is -0.445. The molecule has 3 rings (SSSR count). The van der Waals surface area contributed by atoms with Gasteiger partial charge in [0.05, 0.1) is 13.2 Å². The molecule has 1 amide bonds. The zero-order chi connectivity index (χ0) is 21.3. The van der Waals surface area contributed by atoms with Gasteiger partial charge in [-0.1, -0.05) is 60.9 Å². The van der Waals surface area contributed by atoms with Crippen molar-refractivity contribution in [3.05, 3.63) is 107 Å². The Morgan fingerprint density at radius 2 is 2.13 bits per heavy atom. The molecular formula is C26H25NO3. The molecule has 4 nitrogen and oxygen atoms in total. The smallest absolute Gasteiger partial charge is 0.408 e. The summed E-state index contributed by atoms with van der Waals surface area (Å²) in [6, 6.07) is 9.52. The number of alkyl carbamates (subject to hydrolysis) is 1. The van der Waals surface area contributed by atoms with Crippen molar-refractivity contribution in [2.75, 3.05) is 7.11 Å². The van der Waals surface area contributed by atoms with Crippen LogP contribution in [0.15, 0.2) is 102 Å². The molecule has 2 unspecified atom stereocenters. The monoisotopic (exact) mass is 399 g/mol. The molecule has 1 saturated heterocycles. The normalized spacial score (nSPS) is 22.2. The van der Waals surface area contributed by atoms with Crippen LogP contribution in [0.1, 0.15) is 18.9 Å². The first-order valence-electron chi connectivity index (χ1n) is 9.76. The molecule has 152 valence electrons. The maximum Gasteiger partial charge on any atom is 0.408 e. The first-order chi connectivity index (χ1) is 14.5. The van der Waals surface area contributed by atoms with Crippen molar-refractivity contribution in [3.8, 4) is 11.8 Å². The van der Waals surface area contributed by atoms with E-state index in [1.165, 1.54) is 0 Å². The van der Waals surface area contributed by atoms with Crippen LogP contribution in [0.25, 0.3) is 0 Å². The van der Waals surface area contributed by atoms with E-state index in [9.17, 15) is 4.79 Å². The largest absolute Gasteiger partial charge is 0.497 e. The lowest BCUT2D eigenvalue weighted by molar-refractivity contribution is 0.155. The molecule has 0 saturated carbocycles. The summed E-state index contributed by atoms with van der Waals surface area (Å²) in [4.78, 5) is 11.8. The van der Waals surface area contributed by atoms with Crippen molar-refractivity contribution >= 4 is 6.09 Å². The minimum absolute atomic E-state index is 0.323. The Balaban J connectivity index is 1.66. The number of methoxy groups -OCH3 is 1. The van der Waals surface area contributed by atoms with Gasteiger partial charge in [0.1, 0.15) is 11.9 Å². The average molecular weight is 399 g/mol. The Bertz CT molecular complexity index is 1010. The maximum atomic E-state index is 11.8. The topological polar surface area (TPSA) is 47.6 Å². The van der Waals surface area contributed by atoms with Gasteiger partial charge in [0, 0.05) is 5.56 Å². The number of amides is 1. The molecule has 0 aromatic heterocycles. The van der Waals surface area contributed by atoms with E-state index in [1.807, 2.05) is 79.8 Å². The molecule has 1 aromatic carbocycles. The van der Waals surface area contributed by atoms with Crippen molar-refractivity contribution in [2.24, 2.45) is 0 Å². The first kappa shape index (κ1) is 21.0. The van der Waals surface area contributed by atoms with Gasteiger partial charge >= 0.3 is 6.09 Å². The summed E-state index contributed by atoms with van der Waals surface area (Å²) in [5, 5.41) is 2.83. The highest BCUT2D eigenvalue weighted by molar-refractivity contribution is 5.72. The molecule has 0 bridgehead atoms. The van der Waals surface area contributed by atoms with Gasteiger partial charge in [0.25, 0.3) is 0 Å². The van der Waals surface area contributed by atoms with Crippen LogP contribution in [0, 0.1) is 11.8 Å². The minimum Gasteiger partial charge on any atom is -0.497 e. The Morgan fingerprint density at radius 1 is 1.33 bits per heavy atom. The summed E-state index contributed by atoms with van der Waals surface area (Å²) in [5.74, 6) is 7.02. The second-order valence-electron chi connectivity index (χ2n) is 6.99. The van der Waals surface area contributed by atoms with Crippen molar-refractivity contribution in [3.63, 3.8) is 0 Å². The van der Waals surface area contributed by atoms with Crippen LogP contribution in [-0.2, 0) is 9.47 Å². The Morgan fingerprint density at radius 3 is 2.90 bits per heavy atom. The third-order valence-electron chi connectivity index (χ3n) is 4.66. The summed E-state index contributed by atoms with van der Waals surface area (Å²) in [6.45, 7) is 6.06. The van der Waals surface area contributed by atoms with Crippen LogP contribution in [0.2, 0.25) is 0 Å². The Labute approximate surface area is 178 Å². The zero-order valence-corrected chi connectivity index (χ0v) is 17.2. The summed E-state index contributed by atoms with van der Waals surface area (Å²) in [7, 11) is 1.63. The first-order valence-corrected chi connectivity index (χ1v) is 9.76. The van der Waals surface area contributed by atoms with Gasteiger partial charge in [-0.2, -0.15) is 0 Å². The maximum absolute atomic E-state index is 11.8. The second kappa shape index (κ2) is 10.2. The van der Waals surface area contributed by atoms with Crippen LogP contribution in [-0.4, -0.2) is 25.3 Å². The Hall–Kier alpha value is -3.71. The number of benzene rings is 1. The number of cyclic esters (lactones) is 1. The number of nitrogens with one attached hydrogen (secondary N) is 1. The van der Waals surface area contributed by atoms with E-state index in [2.05, 4.69) is 23.7 Å². The standard InChI is InChI=1S/C26H25NO3/c1-19(15-16-21-11-5-4-6-12-21)9-7-10-20(2)25-24(30-26(28)27-25)18-22-13-8-14-23(17-22)29-3/h4-12,14,17-18,24-25H,2,13H2,1,3H3,(H,27,28). The van der Waals surface area contributed by atoms with E-state index >= 15 is 0 Å². The van der Waals surface area contributed by atoms with Gasteiger partial charge in [-0.15, -0.1) is 0 Å². The van der Waals surface area contributed by atoms with Gasteiger partial charge < -0.3 is 14.8 Å². The van der Waals surface area contributed by atoms with Crippen LogP contribution >= 0.6 is 0 Å². The van der Waals surface area contributed by atoms with Crippen molar-refractivity contribution in [2.45, 2.75) is 25.5 Å². The SMILES string of the molecule is C=C(C=CC=C(C)C#Cc1ccccc1)C1NC(=O)OC1C=C1C=C(OC)C=CC1. The highest BCUT2D eigenvalue weighted by Gasteiger charge is 2.33. The third-order valence-corrected chi connectivity index (χ3v) is 4.66. The second-order valence-corrected chi connectivity index (χ2v) is 6.99. The molecule has 1 aliphatic carbocycles. The molecule has 4 heteroatoms. The molecule has 1 heterocycles. The summed E-state index contributed by atoms with van der Waals surface area (Å²) < 4.78 is 10.7. The fourth-order valence-electron chi connectivity index (χ4n) is 3.08. The van der Waals surface area contributed by atoms with E-state index < -0.39 is 12.2 Å². The predicted molar refractivity (Wildman–Crippen MR) is 119 cm³/mol. The van der Waals surface area contributed by atoms with Crippen molar-refractivity contribution < 1.29 is 14.3 Å². The lowest BCUT2D eigenvalue weighted by Crippen LogP contribution is -2.31. The van der Waals surface area contributed by atoms with Gasteiger partial charge in [-0.05, 0) is 60.4 Å². The quantitative estimate of drug-likeness (QED) is 0.560. The van der Waals surface area contributed by atoms with Gasteiger partial charge in [-0.3, -0.25) is 0 Å². The summed E-state index contributed by atoms with van der Waals surface area (Å²) in [5.41, 5.74) is 3.69. The molecule has 1 N–H and O–H groups in total. The van der Waals surface area contributed by atoms with Crippen LogP contribution in [0.5, 0.6) is 0 Å². The van der Waals surface area contributed by atoms with E-state index in [0.717, 1.165) is 34.5 Å². The number of carbonyl (C=O) groups excluding carboxylic acids is 1. The number of hydrogen-bond acceptors (Lipinski definition) is 3. The summed E-state index contributed by atoms with van der Waals surface area (Å²) in [6.07, 6.45) is 13.4. The van der Waals surface area contributed by atoms with E-state index in [4.69, 9.17) is 9.47 Å². The number of ether oxygens (including phenoxy) is 2. The molecule has 30 heavy (non-hydrogen) atoms. The molecule has 0 radical (unpaired) electrons. The fourth-order valence-corrected chi connectivity index (χ4v) is 3.08. The fraction of sp³-hybridized carbons (Fsp3) is 0.192. The van der Waals surface area contributed by atoms with Crippen LogP contribution < -0.4 is 5.32 Å². The number of allylic oxidation sites excluding steroid dienone is 7. The molecule has 0 spiro atoms. The van der Waals surface area contributed by atoms with Gasteiger partial charge in [0.15, 0.2) is 0 Å². The summed E-state index contributed by atoms with van der Waals surface area (Å²) >= 11 is 0. The highest BCUT2D eigenvalue weighted by Crippen LogP contribution is 2.23. The number of hydrogen-bond donors (Lipinski definition) is 1. The van der Waals surface area contributed by atoms with Crippen LogP contribution in [0.3, 0.4) is 0 Å². The highest BCUT2D eigenvalue weighted by atomic mass is 16.6. The third kappa shape index (κ3) is 5.89. The van der Waals surface area contributed by atoms with E-state index in [1.54, 1.807) is 7.11 Å². The molecule has 2 atom stereocenters. The lowest BCUT2D eigenvalue weighted by atomic mass is 9.98. The molecule has 2 aliphatic rings.